The van der Waals surface area contributed by atoms with Gasteiger partial charge in [0.15, 0.2) is 0 Å². The highest BCUT2D eigenvalue weighted by atomic mass is 16.5. The molecule has 2 aliphatic rings. The average molecular weight is 471 g/mol. The Morgan fingerprint density at radius 2 is 2.11 bits per heavy atom. The standard InChI is InChI=1S/C27H30N6O2/c1-4-17(3)27(34)31-25-19-6-7-20(25)15-32(14-19)24-9-8-18(12-29-24)23-10-22(35-5-2)16-33-26(23)21(11-28)13-30-33/h4,8-10,12-13,16-17,19-20,25H,1,5-7,14-15H2,2-3H3,(H,31,34). The summed E-state index contributed by atoms with van der Waals surface area (Å²) in [4.78, 5) is 19.6. The van der Waals surface area contributed by atoms with Gasteiger partial charge in [-0.15, -0.1) is 6.58 Å². The predicted octanol–water partition coefficient (Wildman–Crippen LogP) is 3.82. The number of hydrogen-bond donors (Lipinski definition) is 1. The number of nitrogens with one attached hydrogen (secondary N) is 1. The van der Waals surface area contributed by atoms with Crippen molar-refractivity contribution in [3.63, 3.8) is 0 Å². The Hall–Kier alpha value is -3.86. The van der Waals surface area contributed by atoms with E-state index in [2.05, 4.69) is 28.0 Å². The summed E-state index contributed by atoms with van der Waals surface area (Å²) < 4.78 is 7.41. The van der Waals surface area contributed by atoms with Gasteiger partial charge in [-0.2, -0.15) is 10.4 Å². The van der Waals surface area contributed by atoms with Crippen LogP contribution < -0.4 is 15.0 Å². The third-order valence-electron chi connectivity index (χ3n) is 7.31. The smallest absolute Gasteiger partial charge is 0.226 e. The molecule has 3 unspecified atom stereocenters. The fraction of sp³-hybridized carbons (Fsp3) is 0.407. The Labute approximate surface area is 205 Å². The molecule has 8 heteroatoms. The second-order valence-corrected chi connectivity index (χ2v) is 9.45. The third-order valence-corrected chi connectivity index (χ3v) is 7.31. The van der Waals surface area contributed by atoms with E-state index in [1.54, 1.807) is 23.0 Å². The third kappa shape index (κ3) is 4.23. The van der Waals surface area contributed by atoms with Crippen LogP contribution in [0.3, 0.4) is 0 Å². The molecule has 1 saturated carbocycles. The monoisotopic (exact) mass is 470 g/mol. The molecule has 1 aliphatic heterocycles. The van der Waals surface area contributed by atoms with Gasteiger partial charge in [-0.3, -0.25) is 4.79 Å². The van der Waals surface area contributed by atoms with Crippen LogP contribution in [-0.4, -0.2) is 46.2 Å². The SMILES string of the molecule is C=CC(C)C(=O)NC1C2CCC1CN(c1ccc(-c3cc(OCC)cn4ncc(C#N)c34)cn1)C2. The summed E-state index contributed by atoms with van der Waals surface area (Å²) in [5, 5.41) is 17.2. The Kier molecular flexibility index (Phi) is 6.16. The van der Waals surface area contributed by atoms with Crippen molar-refractivity contribution in [1.82, 2.24) is 19.9 Å². The fourth-order valence-corrected chi connectivity index (χ4v) is 5.42. The highest BCUT2D eigenvalue weighted by Crippen LogP contribution is 2.39. The number of nitriles is 1. The number of hydrogen-bond acceptors (Lipinski definition) is 6. The number of piperidine rings is 1. The van der Waals surface area contributed by atoms with Crippen LogP contribution in [0, 0.1) is 29.1 Å². The van der Waals surface area contributed by atoms with E-state index in [4.69, 9.17) is 9.72 Å². The predicted molar refractivity (Wildman–Crippen MR) is 134 cm³/mol. The molecule has 0 spiro atoms. The van der Waals surface area contributed by atoms with Gasteiger partial charge in [0.2, 0.25) is 5.91 Å². The van der Waals surface area contributed by atoms with Crippen LogP contribution in [0.4, 0.5) is 5.82 Å². The number of amides is 1. The summed E-state index contributed by atoms with van der Waals surface area (Å²) in [6.45, 7) is 9.85. The molecule has 35 heavy (non-hydrogen) atoms. The van der Waals surface area contributed by atoms with E-state index in [0.29, 0.717) is 29.8 Å². The topological polar surface area (TPSA) is 95.5 Å². The van der Waals surface area contributed by atoms with Crippen molar-refractivity contribution in [2.45, 2.75) is 32.7 Å². The zero-order chi connectivity index (χ0) is 24.5. The molecular formula is C27H30N6O2. The van der Waals surface area contributed by atoms with E-state index >= 15 is 0 Å². The van der Waals surface area contributed by atoms with Crippen LogP contribution in [0.25, 0.3) is 16.6 Å². The van der Waals surface area contributed by atoms with Crippen LogP contribution in [0.15, 0.2) is 49.4 Å². The van der Waals surface area contributed by atoms with Gasteiger partial charge in [0.1, 0.15) is 17.6 Å². The molecule has 2 bridgehead atoms. The molecule has 1 N–H and O–H groups in total. The van der Waals surface area contributed by atoms with Crippen molar-refractivity contribution in [1.29, 1.82) is 5.26 Å². The lowest BCUT2D eigenvalue weighted by Gasteiger charge is -2.39. The van der Waals surface area contributed by atoms with Gasteiger partial charge >= 0.3 is 0 Å². The largest absolute Gasteiger partial charge is 0.492 e. The first kappa shape index (κ1) is 22.9. The molecule has 1 aliphatic carbocycles. The van der Waals surface area contributed by atoms with E-state index in [1.807, 2.05) is 38.2 Å². The number of rotatable bonds is 7. The number of carbonyl (C=O) groups excluding carboxylic acids is 1. The summed E-state index contributed by atoms with van der Waals surface area (Å²) in [6, 6.07) is 8.48. The van der Waals surface area contributed by atoms with Gasteiger partial charge in [-0.05, 0) is 49.8 Å². The maximum Gasteiger partial charge on any atom is 0.226 e. The van der Waals surface area contributed by atoms with Gasteiger partial charge < -0.3 is 15.0 Å². The number of aromatic nitrogens is 3. The van der Waals surface area contributed by atoms with Gasteiger partial charge in [-0.25, -0.2) is 9.50 Å². The van der Waals surface area contributed by atoms with Crippen molar-refractivity contribution in [3.05, 3.63) is 55.0 Å². The van der Waals surface area contributed by atoms with E-state index in [-0.39, 0.29) is 17.9 Å². The first-order valence-electron chi connectivity index (χ1n) is 12.2. The van der Waals surface area contributed by atoms with Crippen molar-refractivity contribution in [3.8, 4) is 22.9 Å². The maximum atomic E-state index is 12.4. The van der Waals surface area contributed by atoms with Crippen LogP contribution in [0.2, 0.25) is 0 Å². The number of ether oxygens (including phenoxy) is 1. The summed E-state index contributed by atoms with van der Waals surface area (Å²) in [5.41, 5.74) is 3.02. The molecule has 8 nitrogen and oxygen atoms in total. The molecule has 3 atom stereocenters. The van der Waals surface area contributed by atoms with Crippen LogP contribution in [0.1, 0.15) is 32.3 Å². The number of pyridine rings is 2. The minimum absolute atomic E-state index is 0.0648. The van der Waals surface area contributed by atoms with Crippen molar-refractivity contribution < 1.29 is 9.53 Å². The zero-order valence-corrected chi connectivity index (χ0v) is 20.1. The fourth-order valence-electron chi connectivity index (χ4n) is 5.42. The molecule has 3 aromatic rings. The van der Waals surface area contributed by atoms with Gasteiger partial charge in [0.05, 0.1) is 36.0 Å². The van der Waals surface area contributed by atoms with Gasteiger partial charge in [-0.1, -0.05) is 13.0 Å². The quantitative estimate of drug-likeness (QED) is 0.528. The summed E-state index contributed by atoms with van der Waals surface area (Å²) in [6.07, 6.45) is 9.15. The van der Waals surface area contributed by atoms with Crippen LogP contribution >= 0.6 is 0 Å². The minimum Gasteiger partial charge on any atom is -0.492 e. The molecular weight excluding hydrogens is 440 g/mol. The highest BCUT2D eigenvalue weighted by Gasteiger charge is 2.43. The lowest BCUT2D eigenvalue weighted by atomic mass is 9.91. The first-order valence-corrected chi connectivity index (χ1v) is 12.2. The lowest BCUT2D eigenvalue weighted by molar-refractivity contribution is -0.124. The molecule has 1 saturated heterocycles. The highest BCUT2D eigenvalue weighted by molar-refractivity contribution is 5.85. The summed E-state index contributed by atoms with van der Waals surface area (Å²) in [5.74, 6) is 2.35. The second-order valence-electron chi connectivity index (χ2n) is 9.45. The maximum absolute atomic E-state index is 12.4. The normalized spacial score (nSPS) is 22.0. The second kappa shape index (κ2) is 9.41. The van der Waals surface area contributed by atoms with Crippen LogP contribution in [-0.2, 0) is 4.79 Å². The zero-order valence-electron chi connectivity index (χ0n) is 20.1. The van der Waals surface area contributed by atoms with Gasteiger partial charge in [0.25, 0.3) is 0 Å². The summed E-state index contributed by atoms with van der Waals surface area (Å²) >= 11 is 0. The molecule has 180 valence electrons. The molecule has 5 rings (SSSR count). The first-order chi connectivity index (χ1) is 17.0. The molecule has 2 fully saturated rings. The van der Waals surface area contributed by atoms with Crippen LogP contribution in [0.5, 0.6) is 5.75 Å². The number of nitrogens with zero attached hydrogens (tertiary/aromatic N) is 5. The van der Waals surface area contributed by atoms with Gasteiger partial charge in [0, 0.05) is 36.5 Å². The molecule has 1 amide bonds. The lowest BCUT2D eigenvalue weighted by Crippen LogP contribution is -2.53. The summed E-state index contributed by atoms with van der Waals surface area (Å²) in [7, 11) is 0. The number of fused-ring (bicyclic) bond motifs is 3. The number of carbonyl (C=O) groups is 1. The average Bonchev–Trinajstić information content (AvgIpc) is 3.39. The Bertz CT molecular complexity index is 1280. The Morgan fingerprint density at radius 1 is 1.34 bits per heavy atom. The molecule has 0 aromatic carbocycles. The van der Waals surface area contributed by atoms with Crippen molar-refractivity contribution in [2.75, 3.05) is 24.6 Å². The molecule has 3 aromatic heterocycles. The van der Waals surface area contributed by atoms with E-state index in [0.717, 1.165) is 48.4 Å². The van der Waals surface area contributed by atoms with Crippen molar-refractivity contribution >= 4 is 17.2 Å². The van der Waals surface area contributed by atoms with E-state index in [9.17, 15) is 10.1 Å². The van der Waals surface area contributed by atoms with Crippen molar-refractivity contribution in [2.24, 2.45) is 17.8 Å². The minimum atomic E-state index is -0.174. The molecule has 4 heterocycles. The number of anilines is 1. The van der Waals surface area contributed by atoms with E-state index in [1.165, 1.54) is 0 Å². The Balaban J connectivity index is 1.38. The van der Waals surface area contributed by atoms with E-state index < -0.39 is 0 Å². The molecule has 0 radical (unpaired) electrons. The Morgan fingerprint density at radius 3 is 2.74 bits per heavy atom.